The van der Waals surface area contributed by atoms with Crippen molar-refractivity contribution in [1.82, 2.24) is 10.2 Å². The number of nitrogens with zero attached hydrogens (tertiary/aromatic N) is 2. The molecule has 2 aromatic heterocycles. The lowest BCUT2D eigenvalue weighted by molar-refractivity contribution is 1.12. The molecule has 0 bridgehead atoms. The molecule has 0 spiro atoms. The first-order chi connectivity index (χ1) is 8.85. The number of thiophene rings is 1. The molecule has 0 aliphatic carbocycles. The fourth-order valence-electron chi connectivity index (χ4n) is 1.77. The highest BCUT2D eigenvalue weighted by Crippen LogP contribution is 2.19. The molecule has 0 unspecified atom stereocenters. The van der Waals surface area contributed by atoms with Crippen LogP contribution in [0.15, 0.2) is 36.5 Å². The minimum atomic E-state index is 0.728. The maximum atomic E-state index is 8.76. The maximum Gasteiger partial charge on any atom is 0.110 e. The molecular formula is C13H10N4S. The van der Waals surface area contributed by atoms with Gasteiger partial charge >= 0.3 is 0 Å². The summed E-state index contributed by atoms with van der Waals surface area (Å²) in [5.41, 5.74) is 2.06. The minimum absolute atomic E-state index is 0.728. The van der Waals surface area contributed by atoms with E-state index >= 15 is 0 Å². The van der Waals surface area contributed by atoms with Crippen LogP contribution in [0, 0.1) is 11.3 Å². The first-order valence-corrected chi connectivity index (χ1v) is 6.32. The fourth-order valence-corrected chi connectivity index (χ4v) is 2.51. The van der Waals surface area contributed by atoms with Gasteiger partial charge in [-0.2, -0.15) is 10.4 Å². The predicted octanol–water partition coefficient (Wildman–Crippen LogP) is 3.11. The summed E-state index contributed by atoms with van der Waals surface area (Å²) in [6.45, 7) is 0.728. The minimum Gasteiger partial charge on any atom is -0.380 e. The second-order valence-electron chi connectivity index (χ2n) is 3.90. The van der Waals surface area contributed by atoms with Crippen LogP contribution < -0.4 is 5.32 Å². The van der Waals surface area contributed by atoms with Gasteiger partial charge < -0.3 is 5.32 Å². The van der Waals surface area contributed by atoms with E-state index in [1.54, 1.807) is 6.20 Å². The van der Waals surface area contributed by atoms with E-state index in [9.17, 15) is 0 Å². The topological polar surface area (TPSA) is 64.5 Å². The molecule has 0 saturated carbocycles. The van der Waals surface area contributed by atoms with E-state index in [2.05, 4.69) is 21.6 Å². The number of hydrogen-bond acceptors (Lipinski definition) is 4. The quantitative estimate of drug-likeness (QED) is 0.754. The summed E-state index contributed by atoms with van der Waals surface area (Å²) in [4.78, 5) is 1.90. The molecule has 0 radical (unpaired) electrons. The third-order valence-electron chi connectivity index (χ3n) is 2.68. The Morgan fingerprint density at radius 3 is 3.11 bits per heavy atom. The SMILES string of the molecule is N#Cc1ccc(CNc2ccc3cn[nH]c3c2)s1. The number of H-pyrrole nitrogens is 1. The summed E-state index contributed by atoms with van der Waals surface area (Å²) < 4.78 is 0. The zero-order valence-corrected chi connectivity index (χ0v) is 10.3. The van der Waals surface area contributed by atoms with Gasteiger partial charge in [0, 0.05) is 22.5 Å². The summed E-state index contributed by atoms with van der Waals surface area (Å²) in [6.07, 6.45) is 1.80. The van der Waals surface area contributed by atoms with E-state index in [1.807, 2.05) is 30.3 Å². The zero-order chi connectivity index (χ0) is 12.4. The maximum absolute atomic E-state index is 8.76. The van der Waals surface area contributed by atoms with Gasteiger partial charge in [0.15, 0.2) is 0 Å². The van der Waals surface area contributed by atoms with Crippen molar-refractivity contribution in [2.45, 2.75) is 6.54 Å². The Morgan fingerprint density at radius 1 is 1.33 bits per heavy atom. The Hall–Kier alpha value is -2.32. The predicted molar refractivity (Wildman–Crippen MR) is 72.5 cm³/mol. The fraction of sp³-hybridized carbons (Fsp3) is 0.0769. The Labute approximate surface area is 108 Å². The van der Waals surface area contributed by atoms with Gasteiger partial charge in [-0.3, -0.25) is 5.10 Å². The van der Waals surface area contributed by atoms with Crippen LogP contribution in [0.3, 0.4) is 0 Å². The zero-order valence-electron chi connectivity index (χ0n) is 9.47. The summed E-state index contributed by atoms with van der Waals surface area (Å²) >= 11 is 1.51. The lowest BCUT2D eigenvalue weighted by Crippen LogP contribution is -1.96. The van der Waals surface area contributed by atoms with Crippen LogP contribution in [0.5, 0.6) is 0 Å². The number of fused-ring (bicyclic) bond motifs is 1. The second-order valence-corrected chi connectivity index (χ2v) is 5.07. The van der Waals surface area contributed by atoms with Crippen LogP contribution in [0.4, 0.5) is 5.69 Å². The van der Waals surface area contributed by atoms with Crippen molar-refractivity contribution < 1.29 is 0 Å². The first-order valence-electron chi connectivity index (χ1n) is 5.51. The van der Waals surface area contributed by atoms with Crippen molar-refractivity contribution >= 4 is 27.9 Å². The van der Waals surface area contributed by atoms with Gasteiger partial charge in [-0.15, -0.1) is 11.3 Å². The molecule has 0 amide bonds. The first kappa shape index (κ1) is 10.8. The summed E-state index contributed by atoms with van der Waals surface area (Å²) in [6, 6.07) is 12.0. The van der Waals surface area contributed by atoms with Gasteiger partial charge in [0.05, 0.1) is 11.7 Å². The van der Waals surface area contributed by atoms with Gasteiger partial charge in [-0.1, -0.05) is 0 Å². The van der Waals surface area contributed by atoms with Crippen molar-refractivity contribution in [2.75, 3.05) is 5.32 Å². The number of nitriles is 1. The Morgan fingerprint density at radius 2 is 2.28 bits per heavy atom. The molecule has 5 heteroatoms. The molecule has 4 nitrogen and oxygen atoms in total. The summed E-state index contributed by atoms with van der Waals surface area (Å²) in [5, 5.41) is 20.1. The molecule has 2 N–H and O–H groups in total. The average molecular weight is 254 g/mol. The van der Waals surface area contributed by atoms with E-state index in [0.29, 0.717) is 0 Å². The Bertz CT molecular complexity index is 720. The highest BCUT2D eigenvalue weighted by Gasteiger charge is 2.01. The van der Waals surface area contributed by atoms with Crippen molar-refractivity contribution in [3.8, 4) is 6.07 Å². The molecule has 0 atom stereocenters. The summed E-state index contributed by atoms with van der Waals surface area (Å²) in [5.74, 6) is 0. The van der Waals surface area contributed by atoms with E-state index in [0.717, 1.165) is 32.9 Å². The van der Waals surface area contributed by atoms with Crippen LogP contribution in [-0.4, -0.2) is 10.2 Å². The lowest BCUT2D eigenvalue weighted by atomic mass is 10.2. The van der Waals surface area contributed by atoms with Crippen molar-refractivity contribution in [3.05, 3.63) is 46.3 Å². The van der Waals surface area contributed by atoms with Gasteiger partial charge in [-0.25, -0.2) is 0 Å². The largest absolute Gasteiger partial charge is 0.380 e. The van der Waals surface area contributed by atoms with Crippen LogP contribution in [0.1, 0.15) is 9.75 Å². The summed E-state index contributed by atoms with van der Waals surface area (Å²) in [7, 11) is 0. The van der Waals surface area contributed by atoms with E-state index in [-0.39, 0.29) is 0 Å². The van der Waals surface area contributed by atoms with Crippen LogP contribution in [0.25, 0.3) is 10.9 Å². The van der Waals surface area contributed by atoms with Crippen LogP contribution in [0.2, 0.25) is 0 Å². The molecule has 3 aromatic rings. The molecule has 3 rings (SSSR count). The van der Waals surface area contributed by atoms with Crippen molar-refractivity contribution in [1.29, 1.82) is 5.26 Å². The highest BCUT2D eigenvalue weighted by molar-refractivity contribution is 7.12. The Balaban J connectivity index is 1.74. The van der Waals surface area contributed by atoms with Crippen molar-refractivity contribution in [3.63, 3.8) is 0 Å². The molecule has 18 heavy (non-hydrogen) atoms. The normalized spacial score (nSPS) is 10.4. The molecule has 0 aliphatic rings. The standard InChI is InChI=1S/C13H10N4S/c14-6-11-3-4-12(18-11)8-15-10-2-1-9-7-16-17-13(9)5-10/h1-5,7,15H,8H2,(H,16,17). The lowest BCUT2D eigenvalue weighted by Gasteiger charge is -2.04. The number of nitrogens with one attached hydrogen (secondary N) is 2. The molecule has 1 aromatic carbocycles. The van der Waals surface area contributed by atoms with Gasteiger partial charge in [-0.05, 0) is 30.3 Å². The molecule has 0 saturated heterocycles. The molecule has 0 fully saturated rings. The molecule has 0 aliphatic heterocycles. The highest BCUT2D eigenvalue weighted by atomic mass is 32.1. The number of rotatable bonds is 3. The van der Waals surface area contributed by atoms with Crippen LogP contribution in [-0.2, 0) is 6.54 Å². The second kappa shape index (κ2) is 4.51. The van der Waals surface area contributed by atoms with Gasteiger partial charge in [0.25, 0.3) is 0 Å². The van der Waals surface area contributed by atoms with E-state index < -0.39 is 0 Å². The number of benzene rings is 1. The molecule has 88 valence electrons. The van der Waals surface area contributed by atoms with Gasteiger partial charge in [0.2, 0.25) is 0 Å². The third kappa shape index (κ3) is 2.06. The number of aromatic nitrogens is 2. The number of anilines is 1. The van der Waals surface area contributed by atoms with Gasteiger partial charge in [0.1, 0.15) is 10.9 Å². The number of hydrogen-bond donors (Lipinski definition) is 2. The van der Waals surface area contributed by atoms with Crippen LogP contribution >= 0.6 is 11.3 Å². The van der Waals surface area contributed by atoms with E-state index in [4.69, 9.17) is 5.26 Å². The molecule has 2 heterocycles. The molecular weight excluding hydrogens is 244 g/mol. The third-order valence-corrected chi connectivity index (χ3v) is 3.67. The average Bonchev–Trinajstić information content (AvgIpc) is 3.04. The van der Waals surface area contributed by atoms with E-state index in [1.165, 1.54) is 11.3 Å². The Kier molecular flexibility index (Phi) is 2.71. The smallest absolute Gasteiger partial charge is 0.110 e. The van der Waals surface area contributed by atoms with Crippen molar-refractivity contribution in [2.24, 2.45) is 0 Å². The monoisotopic (exact) mass is 254 g/mol. The number of aromatic amines is 1.